The Bertz CT molecular complexity index is 1500. The first-order chi connectivity index (χ1) is 16.9. The number of pyridine rings is 1. The second kappa shape index (κ2) is 8.22. The van der Waals surface area contributed by atoms with Crippen LogP contribution in [0.1, 0.15) is 55.7 Å². The van der Waals surface area contributed by atoms with Crippen LogP contribution in [0.25, 0.3) is 22.5 Å². The monoisotopic (exact) mass is 475 g/mol. The summed E-state index contributed by atoms with van der Waals surface area (Å²) in [6.07, 6.45) is 7.45. The summed E-state index contributed by atoms with van der Waals surface area (Å²) in [4.78, 5) is 8.76. The molecule has 1 atom stereocenters. The first kappa shape index (κ1) is 21.8. The van der Waals surface area contributed by atoms with E-state index in [1.165, 1.54) is 17.7 Å². The summed E-state index contributed by atoms with van der Waals surface area (Å²) in [5.74, 6) is -0.509. The Morgan fingerprint density at radius 3 is 2.69 bits per heavy atom. The summed E-state index contributed by atoms with van der Waals surface area (Å²) in [7, 11) is 0. The van der Waals surface area contributed by atoms with Gasteiger partial charge in [0, 0.05) is 35.5 Å². The van der Waals surface area contributed by atoms with Gasteiger partial charge in [-0.2, -0.15) is 9.61 Å². The highest BCUT2D eigenvalue weighted by molar-refractivity contribution is 5.78. The first-order valence-corrected chi connectivity index (χ1v) is 11.8. The summed E-state index contributed by atoms with van der Waals surface area (Å²) < 4.78 is 44.0. The van der Waals surface area contributed by atoms with Crippen LogP contribution in [0, 0.1) is 17.5 Å². The summed E-state index contributed by atoms with van der Waals surface area (Å²) in [6, 6.07) is 5.73. The van der Waals surface area contributed by atoms with Crippen molar-refractivity contribution in [3.63, 3.8) is 0 Å². The van der Waals surface area contributed by atoms with E-state index >= 15 is 0 Å². The normalized spacial score (nSPS) is 17.3. The van der Waals surface area contributed by atoms with Gasteiger partial charge in [-0.15, -0.1) is 0 Å². The van der Waals surface area contributed by atoms with Crippen molar-refractivity contribution in [1.29, 1.82) is 0 Å². The molecule has 0 saturated carbocycles. The van der Waals surface area contributed by atoms with Gasteiger partial charge in [0.05, 0.1) is 18.1 Å². The summed E-state index contributed by atoms with van der Waals surface area (Å²) >= 11 is 0. The SMILES string of the molecule is CC(C)c1cnn2c(N[C@@H]3CCC4=C(C3)c3cc(F)cc(F)c3C4)cc(-c3cncc(F)c3)nc12. The van der Waals surface area contributed by atoms with Crippen molar-refractivity contribution in [1.82, 2.24) is 19.6 Å². The third-order valence-electron chi connectivity index (χ3n) is 7.02. The van der Waals surface area contributed by atoms with E-state index in [9.17, 15) is 13.2 Å². The number of anilines is 1. The highest BCUT2D eigenvalue weighted by atomic mass is 19.1. The van der Waals surface area contributed by atoms with Crippen LogP contribution in [-0.2, 0) is 6.42 Å². The molecule has 0 aliphatic heterocycles. The van der Waals surface area contributed by atoms with Crippen LogP contribution in [0.4, 0.5) is 19.0 Å². The molecule has 3 aromatic heterocycles. The van der Waals surface area contributed by atoms with E-state index in [4.69, 9.17) is 4.98 Å². The Hall–Kier alpha value is -3.68. The average Bonchev–Trinajstić information content (AvgIpc) is 3.41. The molecule has 4 aromatic rings. The summed E-state index contributed by atoms with van der Waals surface area (Å²) in [5.41, 5.74) is 6.38. The molecule has 2 aliphatic carbocycles. The molecule has 1 N–H and O–H groups in total. The zero-order valence-electron chi connectivity index (χ0n) is 19.4. The van der Waals surface area contributed by atoms with Crippen LogP contribution >= 0.6 is 0 Å². The predicted octanol–water partition coefficient (Wildman–Crippen LogP) is 6.31. The lowest BCUT2D eigenvalue weighted by Crippen LogP contribution is -2.24. The van der Waals surface area contributed by atoms with Gasteiger partial charge in [0.25, 0.3) is 0 Å². The minimum Gasteiger partial charge on any atom is -0.367 e. The number of benzene rings is 1. The van der Waals surface area contributed by atoms with Gasteiger partial charge in [0.15, 0.2) is 5.65 Å². The fraction of sp³-hybridized carbons (Fsp3) is 0.296. The van der Waals surface area contributed by atoms with Crippen molar-refractivity contribution in [2.75, 3.05) is 5.32 Å². The van der Waals surface area contributed by atoms with Gasteiger partial charge in [0.1, 0.15) is 23.3 Å². The molecule has 8 heteroatoms. The number of nitrogens with zero attached hydrogens (tertiary/aromatic N) is 4. The molecule has 0 saturated heterocycles. The van der Waals surface area contributed by atoms with Crippen LogP contribution in [0.2, 0.25) is 0 Å². The molecule has 0 amide bonds. The third-order valence-corrected chi connectivity index (χ3v) is 7.02. The minimum atomic E-state index is -0.549. The lowest BCUT2D eigenvalue weighted by Gasteiger charge is -2.26. The number of hydrogen-bond donors (Lipinski definition) is 1. The Kier molecular flexibility index (Phi) is 5.12. The molecule has 1 aromatic carbocycles. The molecule has 0 unspecified atom stereocenters. The van der Waals surface area contributed by atoms with Gasteiger partial charge in [0.2, 0.25) is 0 Å². The second-order valence-electron chi connectivity index (χ2n) is 9.67. The lowest BCUT2D eigenvalue weighted by molar-refractivity contribution is 0.574. The van der Waals surface area contributed by atoms with E-state index in [1.54, 1.807) is 10.7 Å². The molecule has 0 spiro atoms. The van der Waals surface area contributed by atoms with E-state index < -0.39 is 17.5 Å². The number of nitrogens with one attached hydrogen (secondary N) is 1. The van der Waals surface area contributed by atoms with Crippen LogP contribution in [0.5, 0.6) is 0 Å². The van der Waals surface area contributed by atoms with E-state index in [0.717, 1.165) is 42.1 Å². The molecule has 178 valence electrons. The smallest absolute Gasteiger partial charge is 0.161 e. The van der Waals surface area contributed by atoms with Gasteiger partial charge in [-0.25, -0.2) is 18.2 Å². The predicted molar refractivity (Wildman–Crippen MR) is 129 cm³/mol. The number of fused-ring (bicyclic) bond motifs is 3. The van der Waals surface area contributed by atoms with E-state index in [2.05, 4.69) is 29.2 Å². The van der Waals surface area contributed by atoms with Crippen molar-refractivity contribution in [3.05, 3.63) is 82.6 Å². The van der Waals surface area contributed by atoms with Crippen molar-refractivity contribution < 1.29 is 13.2 Å². The molecular formula is C27H24F3N5. The van der Waals surface area contributed by atoms with Crippen LogP contribution in [-0.4, -0.2) is 25.6 Å². The van der Waals surface area contributed by atoms with E-state index in [-0.39, 0.29) is 12.0 Å². The quantitative estimate of drug-likeness (QED) is 0.376. The van der Waals surface area contributed by atoms with Crippen molar-refractivity contribution in [2.24, 2.45) is 0 Å². The fourth-order valence-electron chi connectivity index (χ4n) is 5.28. The standard InChI is InChI=1S/C27H24F3N5/c1-14(2)23-13-32-35-26(10-25(34-27(23)35)16-5-18(29)12-31-11-16)33-19-4-3-15-6-22-21(20(15)9-19)7-17(28)8-24(22)30/h5,7-8,10-14,19,33H,3-4,6,9H2,1-2H3/t19-/m1/s1. The van der Waals surface area contributed by atoms with Crippen LogP contribution in [0.3, 0.4) is 0 Å². The van der Waals surface area contributed by atoms with E-state index in [1.807, 2.05) is 12.3 Å². The minimum absolute atomic E-state index is 0.0433. The van der Waals surface area contributed by atoms with Crippen molar-refractivity contribution in [3.8, 4) is 11.3 Å². The molecular weight excluding hydrogens is 451 g/mol. The highest BCUT2D eigenvalue weighted by Gasteiger charge is 2.31. The number of hydrogen-bond acceptors (Lipinski definition) is 4. The van der Waals surface area contributed by atoms with Gasteiger partial charge < -0.3 is 5.32 Å². The molecule has 0 bridgehead atoms. The maximum Gasteiger partial charge on any atom is 0.161 e. The maximum atomic E-state index is 14.4. The third kappa shape index (κ3) is 3.77. The van der Waals surface area contributed by atoms with Crippen LogP contribution < -0.4 is 5.32 Å². The van der Waals surface area contributed by atoms with Gasteiger partial charge in [-0.1, -0.05) is 19.4 Å². The summed E-state index contributed by atoms with van der Waals surface area (Å²) in [6.45, 7) is 4.15. The molecule has 0 fully saturated rings. The average molecular weight is 476 g/mol. The molecule has 2 aliphatic rings. The Labute approximate surface area is 200 Å². The Morgan fingerprint density at radius 1 is 1.03 bits per heavy atom. The summed E-state index contributed by atoms with van der Waals surface area (Å²) in [5, 5.41) is 8.17. The second-order valence-corrected chi connectivity index (χ2v) is 9.67. The molecule has 6 rings (SSSR count). The largest absolute Gasteiger partial charge is 0.367 e. The maximum absolute atomic E-state index is 14.4. The number of allylic oxidation sites excluding steroid dienone is 1. The highest BCUT2D eigenvalue weighted by Crippen LogP contribution is 2.43. The van der Waals surface area contributed by atoms with Crippen molar-refractivity contribution >= 4 is 17.0 Å². The molecule has 0 radical (unpaired) electrons. The van der Waals surface area contributed by atoms with Crippen molar-refractivity contribution in [2.45, 2.75) is 51.5 Å². The molecule has 5 nitrogen and oxygen atoms in total. The number of aromatic nitrogens is 4. The van der Waals surface area contributed by atoms with Gasteiger partial charge in [-0.3, -0.25) is 4.98 Å². The van der Waals surface area contributed by atoms with Gasteiger partial charge in [-0.05, 0) is 60.4 Å². The zero-order valence-corrected chi connectivity index (χ0v) is 19.4. The molecule has 35 heavy (non-hydrogen) atoms. The first-order valence-electron chi connectivity index (χ1n) is 11.8. The number of rotatable bonds is 4. The topological polar surface area (TPSA) is 55.1 Å². The lowest BCUT2D eigenvalue weighted by atomic mass is 9.88. The molecule has 3 heterocycles. The number of halogens is 3. The van der Waals surface area contributed by atoms with Gasteiger partial charge >= 0.3 is 0 Å². The Morgan fingerprint density at radius 2 is 1.89 bits per heavy atom. The Balaban J connectivity index is 1.38. The fourth-order valence-corrected chi connectivity index (χ4v) is 5.28. The van der Waals surface area contributed by atoms with Crippen LogP contribution in [0.15, 0.2) is 48.4 Å². The van der Waals surface area contributed by atoms with E-state index in [0.29, 0.717) is 40.9 Å². The zero-order chi connectivity index (χ0) is 24.3.